The number of halogens is 3. The molecule has 108 valence electrons. The molecule has 0 spiro atoms. The first-order valence-corrected chi connectivity index (χ1v) is 5.89. The SMILES string of the molecule is CC(C)CC1C(C(=O)[O-])=C(C(F)(F)F)NC(=O)C1C. The fraction of sp³-hybridized carbons (Fsp3) is 0.667. The molecule has 1 aliphatic heterocycles. The summed E-state index contributed by atoms with van der Waals surface area (Å²) in [6, 6.07) is 0. The molecule has 1 amide bonds. The van der Waals surface area contributed by atoms with Crippen LogP contribution in [-0.2, 0) is 9.59 Å². The Kier molecular flexibility index (Phi) is 4.27. The van der Waals surface area contributed by atoms with Gasteiger partial charge in [0.05, 0.1) is 5.97 Å². The molecule has 0 aromatic carbocycles. The molecule has 0 aliphatic carbocycles. The van der Waals surface area contributed by atoms with E-state index >= 15 is 0 Å². The first-order chi connectivity index (χ1) is 8.55. The van der Waals surface area contributed by atoms with E-state index in [9.17, 15) is 27.9 Å². The predicted octanol–water partition coefficient (Wildman–Crippen LogP) is 0.981. The molecule has 0 aromatic heterocycles. The number of hydrogen-bond acceptors (Lipinski definition) is 3. The zero-order valence-corrected chi connectivity index (χ0v) is 10.8. The molecule has 0 saturated heterocycles. The molecule has 7 heteroatoms. The zero-order valence-electron chi connectivity index (χ0n) is 10.8. The monoisotopic (exact) mass is 278 g/mol. The van der Waals surface area contributed by atoms with Crippen molar-refractivity contribution in [1.82, 2.24) is 5.32 Å². The first-order valence-electron chi connectivity index (χ1n) is 5.89. The largest absolute Gasteiger partial charge is 0.545 e. The van der Waals surface area contributed by atoms with Gasteiger partial charge in [0.15, 0.2) is 0 Å². The van der Waals surface area contributed by atoms with Crippen molar-refractivity contribution in [2.24, 2.45) is 17.8 Å². The number of carboxylic acids is 1. The number of alkyl halides is 3. The highest BCUT2D eigenvalue weighted by molar-refractivity contribution is 5.93. The Bertz CT molecular complexity index is 426. The lowest BCUT2D eigenvalue weighted by molar-refractivity contribution is -0.300. The van der Waals surface area contributed by atoms with Gasteiger partial charge in [-0.05, 0) is 18.3 Å². The van der Waals surface area contributed by atoms with E-state index in [1.54, 1.807) is 19.2 Å². The number of allylic oxidation sites excluding steroid dienone is 1. The van der Waals surface area contributed by atoms with Crippen LogP contribution in [0.2, 0.25) is 0 Å². The minimum Gasteiger partial charge on any atom is -0.545 e. The molecule has 0 saturated carbocycles. The van der Waals surface area contributed by atoms with Crippen LogP contribution in [0.4, 0.5) is 13.2 Å². The molecule has 1 rings (SSSR count). The van der Waals surface area contributed by atoms with Crippen LogP contribution < -0.4 is 10.4 Å². The maximum Gasteiger partial charge on any atom is 0.431 e. The van der Waals surface area contributed by atoms with Crippen molar-refractivity contribution in [2.75, 3.05) is 0 Å². The second-order valence-corrected chi connectivity index (χ2v) is 5.09. The summed E-state index contributed by atoms with van der Waals surface area (Å²) in [6.45, 7) is 4.91. The third-order valence-corrected chi connectivity index (χ3v) is 3.13. The van der Waals surface area contributed by atoms with Crippen LogP contribution in [0.25, 0.3) is 0 Å². The van der Waals surface area contributed by atoms with E-state index in [0.29, 0.717) is 0 Å². The van der Waals surface area contributed by atoms with E-state index in [-0.39, 0.29) is 12.3 Å². The first kappa shape index (κ1) is 15.5. The molecule has 1 aliphatic rings. The van der Waals surface area contributed by atoms with Gasteiger partial charge in [-0.15, -0.1) is 0 Å². The van der Waals surface area contributed by atoms with E-state index in [2.05, 4.69) is 0 Å². The van der Waals surface area contributed by atoms with Gasteiger partial charge in [-0.2, -0.15) is 13.2 Å². The maximum atomic E-state index is 12.8. The Hall–Kier alpha value is -1.53. The molecular formula is C12H15F3NO3-. The van der Waals surface area contributed by atoms with Crippen LogP contribution in [0.3, 0.4) is 0 Å². The number of nitrogens with one attached hydrogen (secondary N) is 1. The molecule has 4 nitrogen and oxygen atoms in total. The van der Waals surface area contributed by atoms with Crippen molar-refractivity contribution in [1.29, 1.82) is 0 Å². The van der Waals surface area contributed by atoms with Crippen LogP contribution >= 0.6 is 0 Å². The van der Waals surface area contributed by atoms with Crippen molar-refractivity contribution in [3.8, 4) is 0 Å². The number of rotatable bonds is 3. The van der Waals surface area contributed by atoms with E-state index < -0.39 is 41.2 Å². The summed E-state index contributed by atoms with van der Waals surface area (Å²) in [5.41, 5.74) is -2.35. The molecule has 0 radical (unpaired) electrons. The Morgan fingerprint density at radius 1 is 1.42 bits per heavy atom. The number of carbonyl (C=O) groups is 2. The average Bonchev–Trinajstić information content (AvgIpc) is 2.21. The number of carbonyl (C=O) groups excluding carboxylic acids is 2. The van der Waals surface area contributed by atoms with Crippen LogP contribution in [-0.4, -0.2) is 18.1 Å². The van der Waals surface area contributed by atoms with Crippen LogP contribution in [0.15, 0.2) is 11.3 Å². The van der Waals surface area contributed by atoms with Crippen molar-refractivity contribution >= 4 is 11.9 Å². The molecule has 0 aromatic rings. The van der Waals surface area contributed by atoms with Crippen molar-refractivity contribution in [2.45, 2.75) is 33.4 Å². The summed E-state index contributed by atoms with van der Waals surface area (Å²) >= 11 is 0. The summed E-state index contributed by atoms with van der Waals surface area (Å²) < 4.78 is 38.4. The summed E-state index contributed by atoms with van der Waals surface area (Å²) in [6.07, 6.45) is -4.74. The van der Waals surface area contributed by atoms with Gasteiger partial charge in [0.2, 0.25) is 5.91 Å². The molecule has 1 heterocycles. The van der Waals surface area contributed by atoms with Gasteiger partial charge in [-0.25, -0.2) is 0 Å². The van der Waals surface area contributed by atoms with Crippen molar-refractivity contribution < 1.29 is 27.9 Å². The summed E-state index contributed by atoms with van der Waals surface area (Å²) in [7, 11) is 0. The Morgan fingerprint density at radius 2 is 1.95 bits per heavy atom. The molecule has 19 heavy (non-hydrogen) atoms. The lowest BCUT2D eigenvalue weighted by atomic mass is 9.77. The quantitative estimate of drug-likeness (QED) is 0.836. The highest BCUT2D eigenvalue weighted by Crippen LogP contribution is 2.38. The smallest absolute Gasteiger partial charge is 0.431 e. The minimum absolute atomic E-state index is 0.0396. The average molecular weight is 278 g/mol. The highest BCUT2D eigenvalue weighted by atomic mass is 19.4. The Morgan fingerprint density at radius 3 is 2.32 bits per heavy atom. The zero-order chi connectivity index (χ0) is 15.0. The van der Waals surface area contributed by atoms with Crippen LogP contribution in [0.1, 0.15) is 27.2 Å². The van der Waals surface area contributed by atoms with Crippen LogP contribution in [0.5, 0.6) is 0 Å². The summed E-state index contributed by atoms with van der Waals surface area (Å²) in [5, 5.41) is 12.7. The summed E-state index contributed by atoms with van der Waals surface area (Å²) in [5.74, 6) is -4.56. The van der Waals surface area contributed by atoms with Crippen molar-refractivity contribution in [3.05, 3.63) is 11.3 Å². The maximum absolute atomic E-state index is 12.8. The van der Waals surface area contributed by atoms with Gasteiger partial charge in [0.25, 0.3) is 0 Å². The normalized spacial score (nSPS) is 24.7. The second kappa shape index (κ2) is 5.22. The van der Waals surface area contributed by atoms with E-state index in [1.807, 2.05) is 0 Å². The fourth-order valence-electron chi connectivity index (χ4n) is 2.23. The molecule has 2 unspecified atom stereocenters. The molecule has 0 bridgehead atoms. The van der Waals surface area contributed by atoms with Gasteiger partial charge in [-0.3, -0.25) is 4.79 Å². The Balaban J connectivity index is 3.38. The molecule has 2 atom stereocenters. The lowest BCUT2D eigenvalue weighted by Crippen LogP contribution is -2.48. The minimum atomic E-state index is -4.92. The van der Waals surface area contributed by atoms with Crippen LogP contribution in [0, 0.1) is 17.8 Å². The van der Waals surface area contributed by atoms with E-state index in [0.717, 1.165) is 0 Å². The predicted molar refractivity (Wildman–Crippen MR) is 58.3 cm³/mol. The molecular weight excluding hydrogens is 263 g/mol. The fourth-order valence-corrected chi connectivity index (χ4v) is 2.23. The van der Waals surface area contributed by atoms with E-state index in [1.165, 1.54) is 6.92 Å². The standard InChI is InChI=1S/C12H16F3NO3/c1-5(2)4-7-6(3)10(17)16-9(12(13,14)15)8(7)11(18)19/h5-7H,4H2,1-3H3,(H,16,17)(H,18,19)/p-1. The number of amides is 1. The Labute approximate surface area is 108 Å². The third-order valence-electron chi connectivity index (χ3n) is 3.13. The number of carboxylic acid groups (broad SMARTS) is 1. The lowest BCUT2D eigenvalue weighted by Gasteiger charge is -2.35. The molecule has 1 N–H and O–H groups in total. The summed E-state index contributed by atoms with van der Waals surface area (Å²) in [4.78, 5) is 22.6. The number of aliphatic carboxylic acids is 1. The van der Waals surface area contributed by atoms with E-state index in [4.69, 9.17) is 0 Å². The highest BCUT2D eigenvalue weighted by Gasteiger charge is 2.45. The van der Waals surface area contributed by atoms with Gasteiger partial charge >= 0.3 is 6.18 Å². The molecule has 0 fully saturated rings. The van der Waals surface area contributed by atoms with Crippen molar-refractivity contribution in [3.63, 3.8) is 0 Å². The van der Waals surface area contributed by atoms with Gasteiger partial charge in [0, 0.05) is 11.5 Å². The second-order valence-electron chi connectivity index (χ2n) is 5.09. The van der Waals surface area contributed by atoms with Gasteiger partial charge in [0.1, 0.15) is 5.70 Å². The number of hydrogen-bond donors (Lipinski definition) is 1. The van der Waals surface area contributed by atoms with Gasteiger partial charge < -0.3 is 15.2 Å². The van der Waals surface area contributed by atoms with Gasteiger partial charge in [-0.1, -0.05) is 20.8 Å². The third kappa shape index (κ3) is 3.27. The topological polar surface area (TPSA) is 69.2 Å².